The molecule has 0 radical (unpaired) electrons. The molecule has 0 saturated carbocycles. The lowest BCUT2D eigenvalue weighted by Gasteiger charge is -1.99. The average molecular weight is 127 g/mol. The lowest BCUT2D eigenvalue weighted by atomic mass is 10.5. The smallest absolute Gasteiger partial charge is 0.247 e. The van der Waals surface area contributed by atoms with Crippen LogP contribution in [0.3, 0.4) is 0 Å². The van der Waals surface area contributed by atoms with E-state index in [1.54, 1.807) is 0 Å². The van der Waals surface area contributed by atoms with Crippen LogP contribution in [0, 0.1) is 0 Å². The first-order valence-corrected chi connectivity index (χ1v) is 2.94. The van der Waals surface area contributed by atoms with Crippen molar-refractivity contribution in [1.82, 2.24) is 5.32 Å². The minimum Gasteiger partial charge on any atom is -0.496 e. The third-order valence-corrected chi connectivity index (χ3v) is 1.06. The molecule has 1 N–H and O–H groups in total. The third kappa shape index (κ3) is 1.45. The maximum absolute atomic E-state index is 10.5. The van der Waals surface area contributed by atoms with Crippen LogP contribution in [0.1, 0.15) is 6.92 Å². The quantitative estimate of drug-likeness (QED) is 0.568. The second-order valence-electron chi connectivity index (χ2n) is 1.76. The standard InChI is InChI=1S/C6H9NO2/c1-2-9-5-3-6(8)7-4-5/h3H,2,4H2,1H3,(H,7,8). The summed E-state index contributed by atoms with van der Waals surface area (Å²) in [5.41, 5.74) is 0. The van der Waals surface area contributed by atoms with Crippen molar-refractivity contribution in [2.45, 2.75) is 6.92 Å². The lowest BCUT2D eigenvalue weighted by Crippen LogP contribution is -2.15. The summed E-state index contributed by atoms with van der Waals surface area (Å²) in [7, 11) is 0. The number of hydrogen-bond acceptors (Lipinski definition) is 2. The molecule has 0 saturated heterocycles. The van der Waals surface area contributed by atoms with Gasteiger partial charge in [0.1, 0.15) is 5.76 Å². The Labute approximate surface area is 53.7 Å². The normalized spacial score (nSPS) is 17.0. The first-order chi connectivity index (χ1) is 4.33. The first kappa shape index (κ1) is 6.13. The van der Waals surface area contributed by atoms with Gasteiger partial charge in [-0.25, -0.2) is 0 Å². The Morgan fingerprint density at radius 1 is 1.89 bits per heavy atom. The van der Waals surface area contributed by atoms with E-state index >= 15 is 0 Å². The van der Waals surface area contributed by atoms with Gasteiger partial charge in [-0.15, -0.1) is 0 Å². The molecule has 0 bridgehead atoms. The first-order valence-electron chi connectivity index (χ1n) is 2.94. The summed E-state index contributed by atoms with van der Waals surface area (Å²) in [5.74, 6) is 0.681. The average Bonchev–Trinajstić information content (AvgIpc) is 2.17. The highest BCUT2D eigenvalue weighted by atomic mass is 16.5. The second-order valence-corrected chi connectivity index (χ2v) is 1.76. The molecule has 0 aromatic heterocycles. The monoisotopic (exact) mass is 127 g/mol. The summed E-state index contributed by atoms with van der Waals surface area (Å²) in [6.45, 7) is 3.07. The Kier molecular flexibility index (Phi) is 1.72. The molecular formula is C6H9NO2. The molecule has 0 fully saturated rings. The number of carbonyl (C=O) groups excluding carboxylic acids is 1. The molecule has 0 atom stereocenters. The van der Waals surface area contributed by atoms with Gasteiger partial charge in [0, 0.05) is 6.08 Å². The number of ether oxygens (including phenoxy) is 1. The molecule has 1 amide bonds. The van der Waals surface area contributed by atoms with Crippen molar-refractivity contribution in [2.75, 3.05) is 13.2 Å². The molecule has 0 aliphatic carbocycles. The molecule has 3 nitrogen and oxygen atoms in total. The van der Waals surface area contributed by atoms with Crippen molar-refractivity contribution in [3.8, 4) is 0 Å². The molecular weight excluding hydrogens is 118 g/mol. The number of hydrogen-bond donors (Lipinski definition) is 1. The fraction of sp³-hybridized carbons (Fsp3) is 0.500. The highest BCUT2D eigenvalue weighted by Crippen LogP contribution is 2.00. The zero-order valence-electron chi connectivity index (χ0n) is 5.31. The molecule has 0 aromatic carbocycles. The molecule has 1 rings (SSSR count). The van der Waals surface area contributed by atoms with Gasteiger partial charge in [0.15, 0.2) is 0 Å². The lowest BCUT2D eigenvalue weighted by molar-refractivity contribution is -0.115. The van der Waals surface area contributed by atoms with Gasteiger partial charge in [-0.05, 0) is 6.92 Å². The molecule has 3 heteroatoms. The minimum absolute atomic E-state index is 0.0570. The zero-order chi connectivity index (χ0) is 6.69. The Balaban J connectivity index is 2.42. The molecule has 1 heterocycles. The number of nitrogens with one attached hydrogen (secondary N) is 1. The van der Waals surface area contributed by atoms with Gasteiger partial charge < -0.3 is 10.1 Å². The maximum Gasteiger partial charge on any atom is 0.247 e. The van der Waals surface area contributed by atoms with Crippen molar-refractivity contribution in [3.63, 3.8) is 0 Å². The van der Waals surface area contributed by atoms with E-state index in [4.69, 9.17) is 4.74 Å². The zero-order valence-corrected chi connectivity index (χ0v) is 5.31. The van der Waals surface area contributed by atoms with Gasteiger partial charge in [0.05, 0.1) is 13.2 Å². The predicted octanol–water partition coefficient (Wildman–Crippen LogP) is 0.0366. The summed E-state index contributed by atoms with van der Waals surface area (Å²) in [6.07, 6.45) is 1.48. The van der Waals surface area contributed by atoms with Crippen LogP contribution < -0.4 is 5.32 Å². The number of carbonyl (C=O) groups is 1. The molecule has 0 spiro atoms. The van der Waals surface area contributed by atoms with Crippen LogP contribution in [0.2, 0.25) is 0 Å². The van der Waals surface area contributed by atoms with E-state index in [9.17, 15) is 4.79 Å². The highest BCUT2D eigenvalue weighted by Gasteiger charge is 2.09. The number of rotatable bonds is 2. The number of amides is 1. The van der Waals surface area contributed by atoms with E-state index in [-0.39, 0.29) is 5.91 Å². The van der Waals surface area contributed by atoms with E-state index in [2.05, 4.69) is 5.32 Å². The topological polar surface area (TPSA) is 38.3 Å². The SMILES string of the molecule is CCOC1=CC(=O)NC1. The Bertz CT molecular complexity index is 151. The van der Waals surface area contributed by atoms with Gasteiger partial charge in [-0.1, -0.05) is 0 Å². The van der Waals surface area contributed by atoms with Crippen molar-refractivity contribution in [1.29, 1.82) is 0 Å². The van der Waals surface area contributed by atoms with Gasteiger partial charge in [0.2, 0.25) is 5.91 Å². The van der Waals surface area contributed by atoms with E-state index < -0.39 is 0 Å². The van der Waals surface area contributed by atoms with E-state index in [1.807, 2.05) is 6.92 Å². The maximum atomic E-state index is 10.5. The Morgan fingerprint density at radius 3 is 3.11 bits per heavy atom. The van der Waals surface area contributed by atoms with Crippen LogP contribution in [-0.2, 0) is 9.53 Å². The largest absolute Gasteiger partial charge is 0.496 e. The second kappa shape index (κ2) is 2.53. The van der Waals surface area contributed by atoms with Crippen molar-refractivity contribution >= 4 is 5.91 Å². The van der Waals surface area contributed by atoms with Crippen LogP contribution in [0.15, 0.2) is 11.8 Å². The van der Waals surface area contributed by atoms with Crippen molar-refractivity contribution in [2.24, 2.45) is 0 Å². The van der Waals surface area contributed by atoms with Crippen LogP contribution in [-0.4, -0.2) is 19.1 Å². The van der Waals surface area contributed by atoms with E-state index in [0.717, 1.165) is 5.76 Å². The Morgan fingerprint density at radius 2 is 2.67 bits per heavy atom. The van der Waals surface area contributed by atoms with Gasteiger partial charge in [0.25, 0.3) is 0 Å². The van der Waals surface area contributed by atoms with Crippen LogP contribution in [0.5, 0.6) is 0 Å². The Hall–Kier alpha value is -0.990. The third-order valence-electron chi connectivity index (χ3n) is 1.06. The van der Waals surface area contributed by atoms with Gasteiger partial charge in [-0.3, -0.25) is 4.79 Å². The van der Waals surface area contributed by atoms with Crippen molar-refractivity contribution < 1.29 is 9.53 Å². The summed E-state index contributed by atoms with van der Waals surface area (Å²) in [5, 5.41) is 2.60. The summed E-state index contributed by atoms with van der Waals surface area (Å²) >= 11 is 0. The predicted molar refractivity (Wildman–Crippen MR) is 32.7 cm³/mol. The van der Waals surface area contributed by atoms with Crippen LogP contribution in [0.4, 0.5) is 0 Å². The fourth-order valence-corrected chi connectivity index (χ4v) is 0.701. The molecule has 0 unspecified atom stereocenters. The summed E-state index contributed by atoms with van der Waals surface area (Å²) in [6, 6.07) is 0. The highest BCUT2D eigenvalue weighted by molar-refractivity contribution is 5.90. The summed E-state index contributed by atoms with van der Waals surface area (Å²) < 4.78 is 5.05. The molecule has 1 aliphatic heterocycles. The van der Waals surface area contributed by atoms with E-state index in [1.165, 1.54) is 6.08 Å². The van der Waals surface area contributed by atoms with Crippen LogP contribution >= 0.6 is 0 Å². The molecule has 9 heavy (non-hydrogen) atoms. The minimum atomic E-state index is -0.0570. The van der Waals surface area contributed by atoms with Gasteiger partial charge >= 0.3 is 0 Å². The molecule has 50 valence electrons. The molecule has 1 aliphatic rings. The fourth-order valence-electron chi connectivity index (χ4n) is 0.701. The van der Waals surface area contributed by atoms with E-state index in [0.29, 0.717) is 13.2 Å². The molecule has 0 aromatic rings. The van der Waals surface area contributed by atoms with Gasteiger partial charge in [-0.2, -0.15) is 0 Å². The summed E-state index contributed by atoms with van der Waals surface area (Å²) in [4.78, 5) is 10.5. The van der Waals surface area contributed by atoms with Crippen molar-refractivity contribution in [3.05, 3.63) is 11.8 Å². The van der Waals surface area contributed by atoms with Crippen LogP contribution in [0.25, 0.3) is 0 Å².